The number of aromatic nitrogens is 3. The van der Waals surface area contributed by atoms with E-state index in [9.17, 15) is 19.7 Å². The number of amides is 2. The number of hydrogen-bond acceptors (Lipinski definition) is 6. The van der Waals surface area contributed by atoms with Gasteiger partial charge in [0.15, 0.2) is 5.82 Å². The third-order valence-corrected chi connectivity index (χ3v) is 4.17. The maximum atomic E-state index is 12.7. The van der Waals surface area contributed by atoms with Gasteiger partial charge in [0, 0.05) is 23.7 Å². The van der Waals surface area contributed by atoms with E-state index in [1.165, 1.54) is 10.7 Å². The number of nitro benzene ring substituents is 1. The Hall–Kier alpha value is -3.30. The first-order valence-corrected chi connectivity index (χ1v) is 8.55. The number of anilines is 2. The van der Waals surface area contributed by atoms with Gasteiger partial charge in [0.05, 0.1) is 11.3 Å². The predicted octanol–water partition coefficient (Wildman–Crippen LogP) is 2.22. The van der Waals surface area contributed by atoms with Crippen LogP contribution in [0.15, 0.2) is 18.2 Å². The molecule has 0 aliphatic carbocycles. The van der Waals surface area contributed by atoms with E-state index in [1.54, 1.807) is 19.1 Å². The normalized spacial score (nSPS) is 16.0. The molecule has 142 valence electrons. The fraction of sp³-hybridized carbons (Fsp3) is 0.412. The molecule has 10 heteroatoms. The van der Waals surface area contributed by atoms with Crippen molar-refractivity contribution in [2.24, 2.45) is 5.92 Å². The van der Waals surface area contributed by atoms with Crippen LogP contribution in [0.4, 0.5) is 17.3 Å². The van der Waals surface area contributed by atoms with Crippen molar-refractivity contribution in [2.45, 2.75) is 39.7 Å². The zero-order chi connectivity index (χ0) is 19.7. The van der Waals surface area contributed by atoms with Crippen LogP contribution in [0.5, 0.6) is 0 Å². The molecule has 0 saturated carbocycles. The lowest BCUT2D eigenvalue weighted by Crippen LogP contribution is -2.36. The Morgan fingerprint density at radius 3 is 2.89 bits per heavy atom. The molecule has 2 aromatic rings. The average Bonchev–Trinajstić information content (AvgIpc) is 2.96. The minimum absolute atomic E-state index is 0.0860. The van der Waals surface area contributed by atoms with Gasteiger partial charge in [-0.05, 0) is 18.9 Å². The number of fused-ring (bicyclic) bond motifs is 1. The summed E-state index contributed by atoms with van der Waals surface area (Å²) in [5.41, 5.74) is 0.689. The molecule has 2 heterocycles. The molecule has 1 aromatic carbocycles. The third-order valence-electron chi connectivity index (χ3n) is 4.17. The second-order valence-electron chi connectivity index (χ2n) is 6.91. The molecule has 2 amide bonds. The molecule has 1 unspecified atom stereocenters. The van der Waals surface area contributed by atoms with Gasteiger partial charge in [0.25, 0.3) is 5.69 Å². The monoisotopic (exact) mass is 372 g/mol. The van der Waals surface area contributed by atoms with Crippen molar-refractivity contribution in [3.63, 3.8) is 0 Å². The zero-order valence-electron chi connectivity index (χ0n) is 15.2. The van der Waals surface area contributed by atoms with Crippen LogP contribution in [-0.4, -0.2) is 31.5 Å². The van der Waals surface area contributed by atoms with Crippen LogP contribution < -0.4 is 10.6 Å². The van der Waals surface area contributed by atoms with Gasteiger partial charge in [-0.1, -0.05) is 19.9 Å². The molecule has 1 aliphatic rings. The highest BCUT2D eigenvalue weighted by molar-refractivity contribution is 6.00. The lowest BCUT2D eigenvalue weighted by atomic mass is 10.1. The summed E-state index contributed by atoms with van der Waals surface area (Å²) in [5, 5.41) is 20.7. The minimum atomic E-state index is -0.873. The van der Waals surface area contributed by atoms with Crippen molar-refractivity contribution in [1.29, 1.82) is 0 Å². The quantitative estimate of drug-likeness (QED) is 0.611. The number of aryl methyl sites for hydroxylation is 1. The molecule has 10 nitrogen and oxygen atoms in total. The molecule has 1 aromatic heterocycles. The van der Waals surface area contributed by atoms with Crippen LogP contribution in [0, 0.1) is 23.0 Å². The number of carbonyl (C=O) groups is 2. The molecule has 0 saturated heterocycles. The highest BCUT2D eigenvalue weighted by atomic mass is 16.6. The summed E-state index contributed by atoms with van der Waals surface area (Å²) in [6.07, 6.45) is 0.533. The Kier molecular flexibility index (Phi) is 4.89. The lowest BCUT2D eigenvalue weighted by Gasteiger charge is -2.22. The number of rotatable bonds is 5. The summed E-state index contributed by atoms with van der Waals surface area (Å²) in [7, 11) is 0. The average molecular weight is 372 g/mol. The fourth-order valence-electron chi connectivity index (χ4n) is 2.87. The van der Waals surface area contributed by atoms with Gasteiger partial charge in [-0.25, -0.2) is 4.68 Å². The minimum Gasteiger partial charge on any atom is -0.324 e. The number of nitrogens with one attached hydrogen (secondary N) is 2. The molecule has 3 rings (SSSR count). The van der Waals surface area contributed by atoms with Gasteiger partial charge in [0.1, 0.15) is 6.04 Å². The van der Waals surface area contributed by atoms with E-state index in [0.29, 0.717) is 23.7 Å². The molecular weight excluding hydrogens is 352 g/mol. The second kappa shape index (κ2) is 7.14. The van der Waals surface area contributed by atoms with Crippen LogP contribution in [0.2, 0.25) is 0 Å². The first-order valence-electron chi connectivity index (χ1n) is 8.55. The van der Waals surface area contributed by atoms with Crippen molar-refractivity contribution < 1.29 is 14.5 Å². The number of nitrogens with zero attached hydrogens (tertiary/aromatic N) is 4. The van der Waals surface area contributed by atoms with Gasteiger partial charge in [-0.15, -0.1) is 0 Å². The molecular formula is C17H20N6O4. The smallest absolute Gasteiger partial charge is 0.274 e. The Labute approximate surface area is 155 Å². The summed E-state index contributed by atoms with van der Waals surface area (Å²) >= 11 is 0. The topological polar surface area (TPSA) is 132 Å². The van der Waals surface area contributed by atoms with Crippen LogP contribution in [0.1, 0.15) is 37.7 Å². The van der Waals surface area contributed by atoms with Gasteiger partial charge < -0.3 is 5.32 Å². The third kappa shape index (κ3) is 3.94. The highest BCUT2D eigenvalue weighted by Gasteiger charge is 2.33. The molecule has 0 fully saturated rings. The van der Waals surface area contributed by atoms with E-state index in [-0.39, 0.29) is 29.7 Å². The number of benzene rings is 1. The van der Waals surface area contributed by atoms with Crippen LogP contribution in [-0.2, 0) is 16.0 Å². The molecule has 1 atom stereocenters. The molecule has 0 spiro atoms. The van der Waals surface area contributed by atoms with E-state index in [0.717, 1.165) is 0 Å². The second-order valence-corrected chi connectivity index (χ2v) is 6.91. The molecule has 27 heavy (non-hydrogen) atoms. The first-order chi connectivity index (χ1) is 12.7. The fourth-order valence-corrected chi connectivity index (χ4v) is 2.87. The Morgan fingerprint density at radius 1 is 1.48 bits per heavy atom. The van der Waals surface area contributed by atoms with Crippen LogP contribution in [0.25, 0.3) is 0 Å². The Balaban J connectivity index is 1.85. The highest BCUT2D eigenvalue weighted by Crippen LogP contribution is 2.27. The van der Waals surface area contributed by atoms with Crippen molar-refractivity contribution in [1.82, 2.24) is 14.8 Å². The summed E-state index contributed by atoms with van der Waals surface area (Å²) < 4.78 is 1.40. The predicted molar refractivity (Wildman–Crippen MR) is 97.3 cm³/mol. The molecule has 0 radical (unpaired) electrons. The van der Waals surface area contributed by atoms with E-state index in [4.69, 9.17) is 0 Å². The van der Waals surface area contributed by atoms with Crippen molar-refractivity contribution in [2.75, 3.05) is 10.6 Å². The summed E-state index contributed by atoms with van der Waals surface area (Å²) in [5.74, 6) is 0.291. The van der Waals surface area contributed by atoms with E-state index in [1.807, 2.05) is 13.8 Å². The molecule has 0 bridgehead atoms. The van der Waals surface area contributed by atoms with Gasteiger partial charge in [-0.3, -0.25) is 25.0 Å². The SMILES string of the molecule is Cc1ccc(NC(=O)C2CC(=O)Nc3nc(CC(C)C)nn32)cc1[N+](=O)[O-]. The molecule has 1 aliphatic heterocycles. The largest absolute Gasteiger partial charge is 0.324 e. The van der Waals surface area contributed by atoms with Crippen molar-refractivity contribution in [3.8, 4) is 0 Å². The van der Waals surface area contributed by atoms with Crippen LogP contribution in [0.3, 0.4) is 0 Å². The van der Waals surface area contributed by atoms with Gasteiger partial charge >= 0.3 is 0 Å². The number of hydrogen-bond donors (Lipinski definition) is 2. The van der Waals surface area contributed by atoms with Gasteiger partial charge in [0.2, 0.25) is 17.8 Å². The number of carbonyl (C=O) groups excluding carboxylic acids is 2. The maximum absolute atomic E-state index is 12.7. The van der Waals surface area contributed by atoms with E-state index >= 15 is 0 Å². The summed E-state index contributed by atoms with van der Waals surface area (Å²) in [4.78, 5) is 39.5. The zero-order valence-corrected chi connectivity index (χ0v) is 15.2. The Bertz CT molecular complexity index is 920. The summed E-state index contributed by atoms with van der Waals surface area (Å²) in [6.45, 7) is 5.66. The summed E-state index contributed by atoms with van der Waals surface area (Å²) in [6, 6.07) is 3.56. The van der Waals surface area contributed by atoms with Gasteiger partial charge in [-0.2, -0.15) is 10.1 Å². The van der Waals surface area contributed by atoms with Crippen molar-refractivity contribution >= 4 is 29.1 Å². The van der Waals surface area contributed by atoms with E-state index < -0.39 is 16.9 Å². The standard InChI is InChI=1S/C17H20N6O4/c1-9(2)6-14-19-17-20-15(24)8-13(22(17)21-14)16(25)18-11-5-4-10(3)12(7-11)23(26)27/h4-5,7,9,13H,6,8H2,1-3H3,(H,18,25)(H,19,20,21,24). The van der Waals surface area contributed by atoms with E-state index in [2.05, 4.69) is 20.7 Å². The first kappa shape index (κ1) is 18.5. The maximum Gasteiger partial charge on any atom is 0.274 e. The Morgan fingerprint density at radius 2 is 2.22 bits per heavy atom. The van der Waals surface area contributed by atoms with Crippen LogP contribution >= 0.6 is 0 Å². The lowest BCUT2D eigenvalue weighted by molar-refractivity contribution is -0.385. The van der Waals surface area contributed by atoms with Crippen molar-refractivity contribution in [3.05, 3.63) is 39.7 Å². The number of nitro groups is 1. The molecule has 2 N–H and O–H groups in total.